The van der Waals surface area contributed by atoms with Crippen LogP contribution in [0.1, 0.15) is 68.1 Å². The normalized spacial score (nSPS) is 19.0. The highest BCUT2D eigenvalue weighted by Crippen LogP contribution is 2.47. The summed E-state index contributed by atoms with van der Waals surface area (Å²) in [6, 6.07) is 14.9. The predicted octanol–water partition coefficient (Wildman–Crippen LogP) is 5.51. The summed E-state index contributed by atoms with van der Waals surface area (Å²) in [6.07, 6.45) is 3.65. The molecule has 2 aliphatic heterocycles. The Balaban J connectivity index is 1.26. The summed E-state index contributed by atoms with van der Waals surface area (Å²) in [5.41, 5.74) is 22.0. The minimum absolute atomic E-state index is 0.101. The Morgan fingerprint density at radius 3 is 1.96 bits per heavy atom. The number of hydrogen-bond donors (Lipinski definition) is 4. The number of Topliss-reactive ketones (excluding diaryl/α,β-unsaturated/α-hetero) is 1. The van der Waals surface area contributed by atoms with Crippen LogP contribution < -0.4 is 22.5 Å². The summed E-state index contributed by atoms with van der Waals surface area (Å²) < 4.78 is 13.2. The van der Waals surface area contributed by atoms with E-state index in [1.807, 2.05) is 29.6 Å². The zero-order valence-electron chi connectivity index (χ0n) is 30.5. The van der Waals surface area contributed by atoms with Crippen LogP contribution in [0, 0.1) is 23.2 Å². The van der Waals surface area contributed by atoms with Crippen LogP contribution in [-0.2, 0) is 33.5 Å². The number of esters is 2. The minimum atomic E-state index is -1.13. The first kappa shape index (κ1) is 36.8. The third-order valence-electron chi connectivity index (χ3n) is 10.6. The van der Waals surface area contributed by atoms with E-state index >= 15 is 0 Å². The Morgan fingerprint density at radius 1 is 0.786 bits per heavy atom. The number of thiophene rings is 2. The molecule has 8 rings (SSSR count). The standard InChI is InChI=1S/C41H38N6O7S2/c1-19-29(20(2)48)30(27-18-56-35-23(14-42)6-5-8-25(27)35)32(36(43)46-19)41(51)54-47-37(44)33(39(49)52-15-21-10-11-21)31(26-17-55-28-9-4-3-7-24(26)28)34(38(47)45)40(50)53-16-22-12-13-22/h3-9,17-18,21-22,30-31,46H,10-13,15-16,43-45H2,1-2H3. The second kappa shape index (κ2) is 14.5. The lowest BCUT2D eigenvalue weighted by molar-refractivity contribution is -0.172. The van der Waals surface area contributed by atoms with Crippen molar-refractivity contribution in [3.8, 4) is 6.07 Å². The molecule has 0 spiro atoms. The number of benzene rings is 2. The van der Waals surface area contributed by atoms with Crippen molar-refractivity contribution in [1.29, 1.82) is 5.26 Å². The molecule has 286 valence electrons. The molecule has 7 N–H and O–H groups in total. The molecule has 0 radical (unpaired) electrons. The van der Waals surface area contributed by atoms with Gasteiger partial charge in [0.15, 0.2) is 17.4 Å². The number of carbonyl (C=O) groups excluding carboxylic acids is 4. The number of fused-ring (bicyclic) bond motifs is 2. The van der Waals surface area contributed by atoms with Gasteiger partial charge < -0.3 is 36.8 Å². The fourth-order valence-electron chi connectivity index (χ4n) is 7.36. The maximum atomic E-state index is 14.7. The van der Waals surface area contributed by atoms with Gasteiger partial charge in [0, 0.05) is 16.0 Å². The first-order chi connectivity index (χ1) is 27.0. The number of ether oxygens (including phenoxy) is 2. The van der Waals surface area contributed by atoms with Crippen molar-refractivity contribution in [3.63, 3.8) is 0 Å². The number of nitrogens with one attached hydrogen (secondary N) is 1. The molecule has 13 nitrogen and oxygen atoms in total. The molecule has 56 heavy (non-hydrogen) atoms. The van der Waals surface area contributed by atoms with Crippen molar-refractivity contribution in [3.05, 3.63) is 115 Å². The molecule has 0 saturated heterocycles. The smallest absolute Gasteiger partial charge is 0.364 e. The van der Waals surface area contributed by atoms with E-state index < -0.39 is 29.7 Å². The van der Waals surface area contributed by atoms with Gasteiger partial charge >= 0.3 is 17.9 Å². The molecule has 0 amide bonds. The van der Waals surface area contributed by atoms with Crippen molar-refractivity contribution in [2.24, 2.45) is 29.0 Å². The summed E-state index contributed by atoms with van der Waals surface area (Å²) in [6.45, 7) is 3.34. The van der Waals surface area contributed by atoms with E-state index in [1.165, 1.54) is 29.6 Å². The number of dihydropyridines is 1. The lowest BCUT2D eigenvalue weighted by Gasteiger charge is -2.36. The fraction of sp³-hybridized carbons (Fsp3) is 0.293. The average molecular weight is 791 g/mol. The van der Waals surface area contributed by atoms with Crippen LogP contribution in [0.5, 0.6) is 0 Å². The summed E-state index contributed by atoms with van der Waals surface area (Å²) in [5, 5.41) is 18.5. The molecule has 4 heterocycles. The van der Waals surface area contributed by atoms with E-state index in [9.17, 15) is 24.4 Å². The Kier molecular flexibility index (Phi) is 9.55. The molecule has 2 fully saturated rings. The lowest BCUT2D eigenvalue weighted by atomic mass is 9.79. The van der Waals surface area contributed by atoms with E-state index in [1.54, 1.807) is 30.5 Å². The average Bonchev–Trinajstić information content (AvgIpc) is 4.10. The van der Waals surface area contributed by atoms with Gasteiger partial charge in [0.2, 0.25) is 0 Å². The third kappa shape index (κ3) is 6.54. The number of carbonyl (C=O) groups is 4. The monoisotopic (exact) mass is 790 g/mol. The summed E-state index contributed by atoms with van der Waals surface area (Å²) >= 11 is 2.72. The second-order valence-corrected chi connectivity index (χ2v) is 16.2. The van der Waals surface area contributed by atoms with Crippen molar-refractivity contribution in [2.75, 3.05) is 13.2 Å². The Bertz CT molecular complexity index is 2480. The lowest BCUT2D eigenvalue weighted by Crippen LogP contribution is -2.44. The molecule has 2 aromatic carbocycles. The summed E-state index contributed by atoms with van der Waals surface area (Å²) in [7, 11) is 0. The van der Waals surface area contributed by atoms with E-state index in [4.69, 9.17) is 31.5 Å². The van der Waals surface area contributed by atoms with Gasteiger partial charge in [-0.3, -0.25) is 4.79 Å². The number of nitriles is 1. The van der Waals surface area contributed by atoms with Crippen LogP contribution in [0.15, 0.2) is 98.7 Å². The van der Waals surface area contributed by atoms with Gasteiger partial charge in [0.1, 0.15) is 11.9 Å². The minimum Gasteiger partial charge on any atom is -0.462 e. The van der Waals surface area contributed by atoms with E-state index in [2.05, 4.69) is 11.4 Å². The van der Waals surface area contributed by atoms with E-state index in [0.717, 1.165) is 40.8 Å². The molecule has 2 saturated carbocycles. The summed E-state index contributed by atoms with van der Waals surface area (Å²) in [4.78, 5) is 62.4. The largest absolute Gasteiger partial charge is 0.462 e. The van der Waals surface area contributed by atoms with Crippen LogP contribution in [0.2, 0.25) is 0 Å². The number of nitrogens with two attached hydrogens (primary N) is 3. The maximum Gasteiger partial charge on any atom is 0.364 e. The fourth-order valence-corrected chi connectivity index (χ4v) is 9.40. The first-order valence-electron chi connectivity index (χ1n) is 18.2. The molecule has 1 atom stereocenters. The van der Waals surface area contributed by atoms with Crippen molar-refractivity contribution < 1.29 is 33.5 Å². The third-order valence-corrected chi connectivity index (χ3v) is 12.6. The number of ketones is 1. The predicted molar refractivity (Wildman–Crippen MR) is 209 cm³/mol. The van der Waals surface area contributed by atoms with Gasteiger partial charge in [0.05, 0.1) is 52.0 Å². The molecule has 4 aliphatic rings. The van der Waals surface area contributed by atoms with E-state index in [0.29, 0.717) is 32.5 Å². The van der Waals surface area contributed by atoms with Crippen molar-refractivity contribution >= 4 is 66.5 Å². The van der Waals surface area contributed by atoms with Gasteiger partial charge in [-0.15, -0.1) is 27.7 Å². The van der Waals surface area contributed by atoms with Crippen LogP contribution in [0.25, 0.3) is 20.2 Å². The zero-order chi connectivity index (χ0) is 39.4. The maximum absolute atomic E-state index is 14.7. The van der Waals surface area contributed by atoms with Gasteiger partial charge in [-0.2, -0.15) is 5.26 Å². The quantitative estimate of drug-likeness (QED) is 0.138. The highest BCUT2D eigenvalue weighted by molar-refractivity contribution is 7.17. The SMILES string of the molecule is CC(=O)C1=C(C)NC(N)=C(C(=O)ON2C(N)=C(C(=O)OCC3CC3)C(c3csc4ccccc34)C(C(=O)OCC3CC3)=C2N)C1c1csc2c(C#N)cccc12. The Hall–Kier alpha value is -6.11. The molecule has 4 aromatic rings. The highest BCUT2D eigenvalue weighted by atomic mass is 32.1. The molecule has 1 unspecified atom stereocenters. The first-order valence-corrected chi connectivity index (χ1v) is 19.9. The number of hydrogen-bond acceptors (Lipinski definition) is 15. The van der Waals surface area contributed by atoms with Gasteiger partial charge in [-0.1, -0.05) is 30.3 Å². The highest BCUT2D eigenvalue weighted by Gasteiger charge is 2.46. The van der Waals surface area contributed by atoms with Crippen LogP contribution in [0.3, 0.4) is 0 Å². The number of nitrogens with zero attached hydrogens (tertiary/aromatic N) is 2. The van der Waals surface area contributed by atoms with Gasteiger partial charge in [-0.05, 0) is 96.2 Å². The number of allylic oxidation sites excluding steroid dienone is 2. The van der Waals surface area contributed by atoms with Crippen molar-refractivity contribution in [2.45, 2.75) is 51.4 Å². The molecule has 15 heteroatoms. The van der Waals surface area contributed by atoms with Crippen molar-refractivity contribution in [1.82, 2.24) is 10.4 Å². The molecular formula is C41H38N6O7S2. The van der Waals surface area contributed by atoms with E-state index in [-0.39, 0.29) is 70.6 Å². The Labute approximate surface area is 329 Å². The number of rotatable bonds is 11. The summed E-state index contributed by atoms with van der Waals surface area (Å²) in [5.74, 6) is -5.60. The Morgan fingerprint density at radius 2 is 1.36 bits per heavy atom. The molecule has 2 aliphatic carbocycles. The topological polar surface area (TPSA) is 213 Å². The van der Waals surface area contributed by atoms with Crippen LogP contribution in [-0.4, -0.2) is 42.0 Å². The van der Waals surface area contributed by atoms with Gasteiger partial charge in [-0.25, -0.2) is 14.4 Å². The van der Waals surface area contributed by atoms with Crippen LogP contribution in [0.4, 0.5) is 0 Å². The van der Waals surface area contributed by atoms with Crippen LogP contribution >= 0.6 is 22.7 Å². The second-order valence-electron chi connectivity index (χ2n) is 14.4. The molecule has 2 aromatic heterocycles. The molecule has 0 bridgehead atoms. The molecular weight excluding hydrogens is 753 g/mol. The zero-order valence-corrected chi connectivity index (χ0v) is 32.2. The van der Waals surface area contributed by atoms with Gasteiger partial charge in [0.25, 0.3) is 0 Å². The number of hydroxylamine groups is 2.